The van der Waals surface area contributed by atoms with Gasteiger partial charge in [0.05, 0.1) is 21.3 Å². The van der Waals surface area contributed by atoms with E-state index in [9.17, 15) is 4.79 Å². The van der Waals surface area contributed by atoms with Gasteiger partial charge >= 0.3 is 5.97 Å². The SMILES string of the molecule is COc1cc(OC(C)=O)c(N)c(OC)c1OC. The van der Waals surface area contributed by atoms with Gasteiger partial charge in [0.2, 0.25) is 5.75 Å². The highest BCUT2D eigenvalue weighted by Gasteiger charge is 2.20. The number of carbonyl (C=O) groups is 1. The Morgan fingerprint density at radius 3 is 2.06 bits per heavy atom. The topological polar surface area (TPSA) is 80.0 Å². The van der Waals surface area contributed by atoms with Crippen LogP contribution in [0, 0.1) is 0 Å². The third-order valence-corrected chi connectivity index (χ3v) is 2.08. The zero-order valence-corrected chi connectivity index (χ0v) is 10.2. The van der Waals surface area contributed by atoms with Crippen LogP contribution in [0.3, 0.4) is 0 Å². The summed E-state index contributed by atoms with van der Waals surface area (Å²) in [4.78, 5) is 10.9. The maximum absolute atomic E-state index is 10.9. The molecule has 6 nitrogen and oxygen atoms in total. The summed E-state index contributed by atoms with van der Waals surface area (Å²) in [5.74, 6) is 0.680. The van der Waals surface area contributed by atoms with Gasteiger partial charge in [-0.15, -0.1) is 0 Å². The molecule has 94 valence electrons. The lowest BCUT2D eigenvalue weighted by molar-refractivity contribution is -0.131. The molecule has 0 amide bonds. The molecule has 0 spiro atoms. The van der Waals surface area contributed by atoms with Gasteiger partial charge in [0.25, 0.3) is 0 Å². The van der Waals surface area contributed by atoms with Crippen molar-refractivity contribution in [2.75, 3.05) is 27.1 Å². The number of benzene rings is 1. The first-order valence-electron chi connectivity index (χ1n) is 4.82. The Balaban J connectivity index is 3.39. The van der Waals surface area contributed by atoms with Crippen LogP contribution in [-0.2, 0) is 4.79 Å². The molecule has 6 heteroatoms. The smallest absolute Gasteiger partial charge is 0.308 e. The van der Waals surface area contributed by atoms with Gasteiger partial charge in [-0.3, -0.25) is 4.79 Å². The largest absolute Gasteiger partial charge is 0.493 e. The first kappa shape index (κ1) is 13.0. The fourth-order valence-corrected chi connectivity index (χ4v) is 1.40. The normalized spacial score (nSPS) is 9.65. The molecule has 0 aliphatic carbocycles. The van der Waals surface area contributed by atoms with Crippen molar-refractivity contribution in [1.29, 1.82) is 0 Å². The van der Waals surface area contributed by atoms with E-state index in [1.165, 1.54) is 34.3 Å². The molecule has 1 rings (SSSR count). The number of hydrogen-bond acceptors (Lipinski definition) is 6. The second-order valence-corrected chi connectivity index (χ2v) is 3.15. The van der Waals surface area contributed by atoms with E-state index in [0.29, 0.717) is 11.5 Å². The van der Waals surface area contributed by atoms with Gasteiger partial charge in [-0.2, -0.15) is 0 Å². The molecule has 0 unspecified atom stereocenters. The minimum absolute atomic E-state index is 0.173. The van der Waals surface area contributed by atoms with Crippen molar-refractivity contribution in [3.63, 3.8) is 0 Å². The van der Waals surface area contributed by atoms with E-state index in [1.54, 1.807) is 0 Å². The number of rotatable bonds is 4. The Morgan fingerprint density at radius 1 is 1.06 bits per heavy atom. The summed E-state index contributed by atoms with van der Waals surface area (Å²) in [5.41, 5.74) is 5.99. The Kier molecular flexibility index (Phi) is 4.03. The fourth-order valence-electron chi connectivity index (χ4n) is 1.40. The highest BCUT2D eigenvalue weighted by Crippen LogP contribution is 2.46. The summed E-state index contributed by atoms with van der Waals surface area (Å²) in [6.07, 6.45) is 0. The molecular weight excluding hydrogens is 226 g/mol. The number of ether oxygens (including phenoxy) is 4. The molecule has 0 saturated heterocycles. The minimum Gasteiger partial charge on any atom is -0.493 e. The quantitative estimate of drug-likeness (QED) is 0.485. The van der Waals surface area contributed by atoms with Crippen LogP contribution in [0.1, 0.15) is 6.92 Å². The van der Waals surface area contributed by atoms with Crippen molar-refractivity contribution in [3.8, 4) is 23.0 Å². The van der Waals surface area contributed by atoms with E-state index in [2.05, 4.69) is 0 Å². The molecule has 0 atom stereocenters. The van der Waals surface area contributed by atoms with E-state index < -0.39 is 5.97 Å². The van der Waals surface area contributed by atoms with Gasteiger partial charge in [0.15, 0.2) is 17.2 Å². The van der Waals surface area contributed by atoms with Crippen LogP contribution in [0.25, 0.3) is 0 Å². The third-order valence-electron chi connectivity index (χ3n) is 2.08. The monoisotopic (exact) mass is 241 g/mol. The molecule has 0 radical (unpaired) electrons. The van der Waals surface area contributed by atoms with Crippen molar-refractivity contribution < 1.29 is 23.7 Å². The van der Waals surface area contributed by atoms with Crippen LogP contribution in [0.2, 0.25) is 0 Å². The van der Waals surface area contributed by atoms with E-state index in [4.69, 9.17) is 24.7 Å². The molecular formula is C11H15NO5. The van der Waals surface area contributed by atoms with Crippen LogP contribution in [0.5, 0.6) is 23.0 Å². The summed E-state index contributed by atoms with van der Waals surface area (Å²) >= 11 is 0. The van der Waals surface area contributed by atoms with Gasteiger partial charge in [0.1, 0.15) is 5.69 Å². The van der Waals surface area contributed by atoms with Crippen LogP contribution < -0.4 is 24.7 Å². The average Bonchev–Trinajstić information content (AvgIpc) is 2.30. The van der Waals surface area contributed by atoms with E-state index in [0.717, 1.165) is 0 Å². The number of hydrogen-bond donors (Lipinski definition) is 1. The number of anilines is 1. The predicted molar refractivity (Wildman–Crippen MR) is 61.8 cm³/mol. The van der Waals surface area contributed by atoms with Gasteiger partial charge in [0, 0.05) is 13.0 Å². The van der Waals surface area contributed by atoms with Crippen LogP contribution >= 0.6 is 0 Å². The first-order valence-corrected chi connectivity index (χ1v) is 4.82. The van der Waals surface area contributed by atoms with Crippen molar-refractivity contribution in [2.24, 2.45) is 0 Å². The summed E-state index contributed by atoms with van der Waals surface area (Å²) in [6, 6.07) is 1.47. The van der Waals surface area contributed by atoms with Crippen LogP contribution in [-0.4, -0.2) is 27.3 Å². The highest BCUT2D eigenvalue weighted by molar-refractivity contribution is 5.78. The Morgan fingerprint density at radius 2 is 1.65 bits per heavy atom. The molecule has 0 heterocycles. The van der Waals surface area contributed by atoms with E-state index in [-0.39, 0.29) is 17.2 Å². The molecule has 0 bridgehead atoms. The standard InChI is InChI=1S/C11H15NO5/c1-6(13)17-7-5-8(14-2)10(15-3)11(16-4)9(7)12/h5H,12H2,1-4H3. The zero-order valence-electron chi connectivity index (χ0n) is 10.2. The van der Waals surface area contributed by atoms with Crippen LogP contribution in [0.15, 0.2) is 6.07 Å². The number of esters is 1. The van der Waals surface area contributed by atoms with E-state index >= 15 is 0 Å². The number of nitrogen functional groups attached to an aromatic ring is 1. The maximum atomic E-state index is 10.9. The van der Waals surface area contributed by atoms with Gasteiger partial charge in [-0.05, 0) is 0 Å². The van der Waals surface area contributed by atoms with E-state index in [1.807, 2.05) is 0 Å². The first-order chi connectivity index (χ1) is 8.04. The van der Waals surface area contributed by atoms with Crippen molar-refractivity contribution in [1.82, 2.24) is 0 Å². The second-order valence-electron chi connectivity index (χ2n) is 3.15. The Labute approximate surface area is 99.2 Å². The van der Waals surface area contributed by atoms with Gasteiger partial charge in [-0.25, -0.2) is 0 Å². The summed E-state index contributed by atoms with van der Waals surface area (Å²) in [7, 11) is 4.36. The third kappa shape index (κ3) is 2.52. The van der Waals surface area contributed by atoms with Crippen LogP contribution in [0.4, 0.5) is 5.69 Å². The summed E-state index contributed by atoms with van der Waals surface area (Å²) < 4.78 is 20.3. The average molecular weight is 241 g/mol. The maximum Gasteiger partial charge on any atom is 0.308 e. The predicted octanol–water partition coefficient (Wildman–Crippen LogP) is 1.22. The Bertz CT molecular complexity index is 430. The van der Waals surface area contributed by atoms with Crippen molar-refractivity contribution in [2.45, 2.75) is 6.92 Å². The summed E-state index contributed by atoms with van der Waals surface area (Å²) in [6.45, 7) is 1.28. The zero-order chi connectivity index (χ0) is 13.0. The van der Waals surface area contributed by atoms with Gasteiger partial charge in [-0.1, -0.05) is 0 Å². The van der Waals surface area contributed by atoms with Gasteiger partial charge < -0.3 is 24.7 Å². The number of methoxy groups -OCH3 is 3. The molecule has 0 saturated carbocycles. The molecule has 0 aliphatic rings. The number of nitrogens with two attached hydrogens (primary N) is 1. The van der Waals surface area contributed by atoms with Crippen molar-refractivity contribution >= 4 is 11.7 Å². The molecule has 1 aromatic carbocycles. The molecule has 0 aliphatic heterocycles. The minimum atomic E-state index is -0.481. The lowest BCUT2D eigenvalue weighted by Crippen LogP contribution is -2.06. The highest BCUT2D eigenvalue weighted by atomic mass is 16.5. The summed E-state index contributed by atoms with van der Waals surface area (Å²) in [5, 5.41) is 0. The molecule has 2 N–H and O–H groups in total. The molecule has 0 fully saturated rings. The Hall–Kier alpha value is -2.11. The molecule has 1 aromatic rings. The molecule has 0 aromatic heterocycles. The number of carbonyl (C=O) groups excluding carboxylic acids is 1. The fraction of sp³-hybridized carbons (Fsp3) is 0.364. The lowest BCUT2D eigenvalue weighted by atomic mass is 10.2. The van der Waals surface area contributed by atoms with Crippen molar-refractivity contribution in [3.05, 3.63) is 6.07 Å². The second kappa shape index (κ2) is 5.29. The lowest BCUT2D eigenvalue weighted by Gasteiger charge is -2.16. The molecule has 17 heavy (non-hydrogen) atoms.